The number of amides is 1. The topological polar surface area (TPSA) is 53.8 Å². The molecule has 0 aromatic carbocycles. The summed E-state index contributed by atoms with van der Waals surface area (Å²) in [4.78, 5) is 10.7. The van der Waals surface area contributed by atoms with E-state index >= 15 is 0 Å². The minimum absolute atomic E-state index is 0.151. The summed E-state index contributed by atoms with van der Waals surface area (Å²) >= 11 is 4.54. The smallest absolute Gasteiger partial charge is 0.252 e. The van der Waals surface area contributed by atoms with Crippen LogP contribution in [0.1, 0.15) is 6.92 Å². The van der Waals surface area contributed by atoms with Crippen molar-refractivity contribution < 1.29 is 4.79 Å². The third kappa shape index (κ3) is 1.29. The lowest BCUT2D eigenvalue weighted by Crippen LogP contribution is -2.37. The van der Waals surface area contributed by atoms with Gasteiger partial charge in [-0.25, -0.2) is 0 Å². The lowest BCUT2D eigenvalue weighted by molar-refractivity contribution is -0.120. The summed E-state index contributed by atoms with van der Waals surface area (Å²) in [6, 6.07) is -0.392. The van der Waals surface area contributed by atoms with Crippen LogP contribution in [-0.2, 0) is 4.79 Å². The van der Waals surface area contributed by atoms with Crippen LogP contribution in [0.2, 0.25) is 0 Å². The highest BCUT2D eigenvalue weighted by Crippen LogP contribution is 1.97. The number of carbonyl (C=O) groups is 1. The van der Waals surface area contributed by atoms with Crippen molar-refractivity contribution >= 4 is 23.2 Å². The standard InChI is InChI=1S/C4H5N3OS/c1-2-3(8)5-4(9)7-6-2/h2H,1H3,(H,5,8,9)/t2-/m0/s1. The van der Waals surface area contributed by atoms with Gasteiger partial charge in [-0.3, -0.25) is 10.1 Å². The van der Waals surface area contributed by atoms with Crippen LogP contribution in [-0.4, -0.2) is 17.1 Å². The molecule has 1 rings (SSSR count). The van der Waals surface area contributed by atoms with E-state index in [1.807, 2.05) is 0 Å². The summed E-state index contributed by atoms with van der Waals surface area (Å²) in [5.74, 6) is -0.185. The predicted octanol–water partition coefficient (Wildman–Crippen LogP) is 0.242. The van der Waals surface area contributed by atoms with Gasteiger partial charge in [-0.15, -0.1) is 5.11 Å². The van der Waals surface area contributed by atoms with Gasteiger partial charge in [-0.1, -0.05) is 0 Å². The van der Waals surface area contributed by atoms with E-state index in [0.29, 0.717) is 0 Å². The summed E-state index contributed by atoms with van der Waals surface area (Å²) in [5.41, 5.74) is 0. The average molecular weight is 143 g/mol. The minimum Gasteiger partial charge on any atom is -0.298 e. The molecule has 0 saturated carbocycles. The van der Waals surface area contributed by atoms with Crippen LogP contribution in [0.4, 0.5) is 0 Å². The third-order valence-electron chi connectivity index (χ3n) is 0.931. The number of hydrogen-bond acceptors (Lipinski definition) is 3. The molecule has 0 saturated heterocycles. The van der Waals surface area contributed by atoms with Crippen molar-refractivity contribution in [3.8, 4) is 0 Å². The molecule has 1 amide bonds. The van der Waals surface area contributed by atoms with Gasteiger partial charge in [0.1, 0.15) is 6.04 Å². The maximum absolute atomic E-state index is 10.7. The highest BCUT2D eigenvalue weighted by molar-refractivity contribution is 7.80. The Morgan fingerprint density at radius 1 is 1.78 bits per heavy atom. The summed E-state index contributed by atoms with van der Waals surface area (Å²) in [6.45, 7) is 1.65. The van der Waals surface area contributed by atoms with E-state index in [-0.39, 0.29) is 11.0 Å². The lowest BCUT2D eigenvalue weighted by atomic mass is 10.3. The van der Waals surface area contributed by atoms with E-state index in [0.717, 1.165) is 0 Å². The molecular weight excluding hydrogens is 138 g/mol. The van der Waals surface area contributed by atoms with Gasteiger partial charge < -0.3 is 0 Å². The zero-order valence-electron chi connectivity index (χ0n) is 4.79. The zero-order valence-corrected chi connectivity index (χ0v) is 5.60. The Labute approximate surface area is 57.3 Å². The van der Waals surface area contributed by atoms with Crippen LogP contribution in [0.25, 0.3) is 0 Å². The first-order valence-corrected chi connectivity index (χ1v) is 2.86. The molecule has 0 aromatic rings. The van der Waals surface area contributed by atoms with Gasteiger partial charge in [-0.2, -0.15) is 5.11 Å². The van der Waals surface area contributed by atoms with Crippen molar-refractivity contribution in [1.29, 1.82) is 0 Å². The van der Waals surface area contributed by atoms with Gasteiger partial charge in [0, 0.05) is 0 Å². The molecule has 0 spiro atoms. The Balaban J connectivity index is 2.76. The van der Waals surface area contributed by atoms with Gasteiger partial charge in [0.2, 0.25) is 5.11 Å². The minimum atomic E-state index is -0.392. The second-order valence-corrected chi connectivity index (χ2v) is 2.07. The summed E-state index contributed by atoms with van der Waals surface area (Å²) in [7, 11) is 0. The number of thiocarbonyl (C=S) groups is 1. The molecule has 5 heteroatoms. The van der Waals surface area contributed by atoms with Crippen LogP contribution in [0.3, 0.4) is 0 Å². The highest BCUT2D eigenvalue weighted by Gasteiger charge is 2.16. The van der Waals surface area contributed by atoms with Gasteiger partial charge in [-0.05, 0) is 19.1 Å². The fraction of sp³-hybridized carbons (Fsp3) is 0.500. The van der Waals surface area contributed by atoms with E-state index in [9.17, 15) is 4.79 Å². The lowest BCUT2D eigenvalue weighted by Gasteiger charge is -2.09. The molecule has 1 atom stereocenters. The Kier molecular flexibility index (Phi) is 1.52. The van der Waals surface area contributed by atoms with E-state index in [4.69, 9.17) is 0 Å². The Morgan fingerprint density at radius 2 is 2.44 bits per heavy atom. The van der Waals surface area contributed by atoms with E-state index in [1.165, 1.54) is 0 Å². The third-order valence-corrected chi connectivity index (χ3v) is 1.12. The Bertz CT molecular complexity index is 188. The molecule has 0 radical (unpaired) electrons. The second-order valence-electron chi connectivity index (χ2n) is 1.69. The molecule has 9 heavy (non-hydrogen) atoms. The number of nitrogens with zero attached hydrogens (tertiary/aromatic N) is 2. The van der Waals surface area contributed by atoms with Gasteiger partial charge in [0.15, 0.2) is 0 Å². The average Bonchev–Trinajstić information content (AvgIpc) is 1.80. The van der Waals surface area contributed by atoms with Crippen molar-refractivity contribution in [3.05, 3.63) is 0 Å². The van der Waals surface area contributed by atoms with E-state index in [2.05, 4.69) is 27.8 Å². The predicted molar refractivity (Wildman–Crippen MR) is 35.1 cm³/mol. The van der Waals surface area contributed by atoms with Crippen molar-refractivity contribution in [2.75, 3.05) is 0 Å². The fourth-order valence-electron chi connectivity index (χ4n) is 0.426. The Morgan fingerprint density at radius 3 is 2.89 bits per heavy atom. The molecule has 1 N–H and O–H groups in total. The van der Waals surface area contributed by atoms with E-state index < -0.39 is 6.04 Å². The monoisotopic (exact) mass is 143 g/mol. The normalized spacial score (nSPS) is 26.1. The van der Waals surface area contributed by atoms with Crippen molar-refractivity contribution in [2.45, 2.75) is 13.0 Å². The number of carbonyl (C=O) groups excluding carboxylic acids is 1. The Hall–Kier alpha value is -0.840. The zero-order chi connectivity index (χ0) is 6.85. The summed E-state index contributed by atoms with van der Waals surface area (Å²) in [5, 5.41) is 9.56. The van der Waals surface area contributed by atoms with Crippen LogP contribution in [0.5, 0.6) is 0 Å². The van der Waals surface area contributed by atoms with Crippen LogP contribution >= 0.6 is 12.2 Å². The first-order valence-electron chi connectivity index (χ1n) is 2.46. The van der Waals surface area contributed by atoms with Crippen LogP contribution in [0, 0.1) is 0 Å². The fourth-order valence-corrected chi connectivity index (χ4v) is 0.574. The number of azo groups is 1. The van der Waals surface area contributed by atoms with Crippen molar-refractivity contribution in [3.63, 3.8) is 0 Å². The highest BCUT2D eigenvalue weighted by atomic mass is 32.1. The first kappa shape index (κ1) is 6.28. The van der Waals surface area contributed by atoms with Crippen LogP contribution < -0.4 is 5.32 Å². The number of nitrogens with one attached hydrogen (secondary N) is 1. The van der Waals surface area contributed by atoms with Gasteiger partial charge in [0.05, 0.1) is 0 Å². The molecule has 1 aliphatic heterocycles. The maximum Gasteiger partial charge on any atom is 0.252 e. The van der Waals surface area contributed by atoms with Gasteiger partial charge in [0.25, 0.3) is 5.91 Å². The van der Waals surface area contributed by atoms with Crippen molar-refractivity contribution in [2.24, 2.45) is 10.2 Å². The SMILES string of the molecule is C[C@@H]1N=NC(=S)NC1=O. The largest absolute Gasteiger partial charge is 0.298 e. The molecule has 0 aromatic heterocycles. The first-order chi connectivity index (χ1) is 4.20. The molecule has 4 nitrogen and oxygen atoms in total. The molecule has 1 heterocycles. The molecule has 1 aliphatic rings. The summed E-state index contributed by atoms with van der Waals surface area (Å²) in [6.07, 6.45) is 0. The van der Waals surface area contributed by atoms with Gasteiger partial charge >= 0.3 is 0 Å². The maximum atomic E-state index is 10.7. The molecule has 48 valence electrons. The molecule has 0 aliphatic carbocycles. The molecule has 0 bridgehead atoms. The molecule has 0 unspecified atom stereocenters. The molecular formula is C4H5N3OS. The summed E-state index contributed by atoms with van der Waals surface area (Å²) < 4.78 is 0. The second kappa shape index (κ2) is 2.18. The van der Waals surface area contributed by atoms with Crippen molar-refractivity contribution in [1.82, 2.24) is 5.32 Å². The quantitative estimate of drug-likeness (QED) is 0.494. The van der Waals surface area contributed by atoms with Crippen LogP contribution in [0.15, 0.2) is 10.2 Å². The number of hydrogen-bond donors (Lipinski definition) is 1. The molecule has 0 fully saturated rings. The van der Waals surface area contributed by atoms with E-state index in [1.54, 1.807) is 6.92 Å². The number of rotatable bonds is 0.